The van der Waals surface area contributed by atoms with Gasteiger partial charge in [-0.15, -0.1) is 0 Å². The summed E-state index contributed by atoms with van der Waals surface area (Å²) in [6.07, 6.45) is 3.96. The van der Waals surface area contributed by atoms with E-state index < -0.39 is 15.9 Å². The van der Waals surface area contributed by atoms with Gasteiger partial charge in [0.15, 0.2) is 10.2 Å². The van der Waals surface area contributed by atoms with Crippen LogP contribution in [0.2, 0.25) is 5.15 Å². The first-order valence-electron chi connectivity index (χ1n) is 7.06. The fraction of sp³-hybridized carbons (Fsp3) is 0.429. The Morgan fingerprint density at radius 3 is 2.91 bits per heavy atom. The van der Waals surface area contributed by atoms with E-state index in [0.29, 0.717) is 11.6 Å². The molecule has 1 fully saturated rings. The van der Waals surface area contributed by atoms with E-state index in [1.807, 2.05) is 6.92 Å². The van der Waals surface area contributed by atoms with Gasteiger partial charge in [0.1, 0.15) is 5.65 Å². The quantitative estimate of drug-likeness (QED) is 0.904. The third kappa shape index (κ3) is 2.96. The maximum atomic E-state index is 12.4. The molecule has 0 saturated heterocycles. The minimum absolute atomic E-state index is 0.151. The standard InChI is InChI=1S/C14H16ClN3O3S/c1-9(10-5-6-10)8-12(19)17-22(20,21)14-13(15)16-11-4-2-3-7-18(11)14/h2-4,7,9-10H,5-6,8H2,1H3,(H,17,19)/t9-/m1/s1. The molecule has 0 radical (unpaired) electrons. The predicted molar refractivity (Wildman–Crippen MR) is 82.0 cm³/mol. The zero-order valence-corrected chi connectivity index (χ0v) is 13.6. The first-order valence-corrected chi connectivity index (χ1v) is 8.93. The topological polar surface area (TPSA) is 80.5 Å². The highest BCUT2D eigenvalue weighted by Gasteiger charge is 2.31. The maximum Gasteiger partial charge on any atom is 0.283 e. The number of hydrogen-bond acceptors (Lipinski definition) is 4. The van der Waals surface area contributed by atoms with E-state index in [2.05, 4.69) is 9.71 Å². The summed E-state index contributed by atoms with van der Waals surface area (Å²) in [5.41, 5.74) is 0.409. The van der Waals surface area contributed by atoms with E-state index in [9.17, 15) is 13.2 Å². The van der Waals surface area contributed by atoms with Gasteiger partial charge in [-0.3, -0.25) is 9.20 Å². The molecule has 1 N–H and O–H groups in total. The molecule has 6 nitrogen and oxygen atoms in total. The van der Waals surface area contributed by atoms with Gasteiger partial charge in [0, 0.05) is 12.6 Å². The molecule has 1 aliphatic rings. The molecule has 1 saturated carbocycles. The van der Waals surface area contributed by atoms with Crippen LogP contribution in [0.15, 0.2) is 29.4 Å². The Morgan fingerprint density at radius 1 is 1.50 bits per heavy atom. The molecule has 0 bridgehead atoms. The molecule has 1 aliphatic carbocycles. The van der Waals surface area contributed by atoms with Crippen LogP contribution < -0.4 is 4.72 Å². The third-order valence-electron chi connectivity index (χ3n) is 3.88. The van der Waals surface area contributed by atoms with Gasteiger partial charge in [0.2, 0.25) is 5.91 Å². The SMILES string of the molecule is C[C@H](CC(=O)NS(=O)(=O)c1c(Cl)nc2ccccn12)C1CC1. The number of halogens is 1. The first kappa shape index (κ1) is 15.3. The number of sulfonamides is 1. The summed E-state index contributed by atoms with van der Waals surface area (Å²) in [5, 5.41) is -0.362. The highest BCUT2D eigenvalue weighted by Crippen LogP contribution is 2.38. The molecule has 22 heavy (non-hydrogen) atoms. The summed E-state index contributed by atoms with van der Waals surface area (Å²) in [7, 11) is -4.06. The van der Waals surface area contributed by atoms with E-state index in [1.54, 1.807) is 24.4 Å². The second-order valence-electron chi connectivity index (χ2n) is 5.68. The van der Waals surface area contributed by atoms with Crippen molar-refractivity contribution < 1.29 is 13.2 Å². The van der Waals surface area contributed by atoms with Crippen LogP contribution in [0.3, 0.4) is 0 Å². The van der Waals surface area contributed by atoms with Gasteiger partial charge in [0.25, 0.3) is 10.0 Å². The number of amides is 1. The summed E-state index contributed by atoms with van der Waals surface area (Å²) in [6, 6.07) is 5.04. The van der Waals surface area contributed by atoms with Crippen molar-refractivity contribution in [3.63, 3.8) is 0 Å². The maximum absolute atomic E-state index is 12.4. The van der Waals surface area contributed by atoms with Crippen LogP contribution in [0.1, 0.15) is 26.2 Å². The summed E-state index contributed by atoms with van der Waals surface area (Å²) < 4.78 is 28.3. The van der Waals surface area contributed by atoms with E-state index in [0.717, 1.165) is 12.8 Å². The fourth-order valence-corrected chi connectivity index (χ4v) is 4.19. The summed E-state index contributed by atoms with van der Waals surface area (Å²) >= 11 is 5.94. The molecule has 0 spiro atoms. The number of rotatable bonds is 5. The monoisotopic (exact) mass is 341 g/mol. The van der Waals surface area contributed by atoms with Gasteiger partial charge >= 0.3 is 0 Å². The molecule has 0 unspecified atom stereocenters. The molecule has 1 atom stereocenters. The number of carbonyl (C=O) groups excluding carboxylic acids is 1. The molecule has 3 rings (SSSR count). The average Bonchev–Trinajstić information content (AvgIpc) is 3.19. The van der Waals surface area contributed by atoms with Crippen LogP contribution in [-0.2, 0) is 14.8 Å². The average molecular weight is 342 g/mol. The van der Waals surface area contributed by atoms with Crippen LogP contribution in [0.5, 0.6) is 0 Å². The lowest BCUT2D eigenvalue weighted by molar-refractivity contribution is -0.120. The van der Waals surface area contributed by atoms with Crippen molar-refractivity contribution in [2.75, 3.05) is 0 Å². The predicted octanol–water partition coefficient (Wildman–Crippen LogP) is 2.23. The largest absolute Gasteiger partial charge is 0.288 e. The van der Waals surface area contributed by atoms with Crippen molar-refractivity contribution in [1.82, 2.24) is 14.1 Å². The third-order valence-corrected chi connectivity index (χ3v) is 5.65. The van der Waals surface area contributed by atoms with Gasteiger partial charge < -0.3 is 0 Å². The van der Waals surface area contributed by atoms with Crippen molar-refractivity contribution in [1.29, 1.82) is 0 Å². The molecule has 0 aliphatic heterocycles. The van der Waals surface area contributed by atoms with Crippen LogP contribution >= 0.6 is 11.6 Å². The molecular weight excluding hydrogens is 326 g/mol. The van der Waals surface area contributed by atoms with Crippen LogP contribution in [-0.4, -0.2) is 23.7 Å². The zero-order chi connectivity index (χ0) is 15.9. The summed E-state index contributed by atoms with van der Waals surface area (Å²) in [6.45, 7) is 1.96. The van der Waals surface area contributed by atoms with Gasteiger partial charge in [-0.2, -0.15) is 8.42 Å². The van der Waals surface area contributed by atoms with Crippen molar-refractivity contribution in [2.45, 2.75) is 31.2 Å². The van der Waals surface area contributed by atoms with Gasteiger partial charge in [-0.1, -0.05) is 24.6 Å². The van der Waals surface area contributed by atoms with Crippen LogP contribution in [0, 0.1) is 11.8 Å². The number of carbonyl (C=O) groups is 1. The van der Waals surface area contributed by atoms with Gasteiger partial charge in [-0.25, -0.2) is 9.71 Å². The fourth-order valence-electron chi connectivity index (χ4n) is 2.55. The Bertz CT molecular complexity index is 827. The summed E-state index contributed by atoms with van der Waals surface area (Å²) in [5.74, 6) is 0.210. The molecule has 1 amide bonds. The van der Waals surface area contributed by atoms with Crippen LogP contribution in [0.25, 0.3) is 5.65 Å². The number of imidazole rings is 1. The highest BCUT2D eigenvalue weighted by atomic mass is 35.5. The Hall–Kier alpha value is -1.60. The molecular formula is C14H16ClN3O3S. The minimum Gasteiger partial charge on any atom is -0.288 e. The Morgan fingerprint density at radius 2 is 2.23 bits per heavy atom. The van der Waals surface area contributed by atoms with E-state index >= 15 is 0 Å². The number of hydrogen-bond donors (Lipinski definition) is 1. The van der Waals surface area contributed by atoms with Crippen molar-refractivity contribution in [3.05, 3.63) is 29.5 Å². The van der Waals surface area contributed by atoms with Crippen LogP contribution in [0.4, 0.5) is 0 Å². The number of fused-ring (bicyclic) bond motifs is 1. The Balaban J connectivity index is 1.85. The zero-order valence-electron chi connectivity index (χ0n) is 12.0. The molecule has 2 heterocycles. The Labute approximate surface area is 133 Å². The number of nitrogens with one attached hydrogen (secondary N) is 1. The lowest BCUT2D eigenvalue weighted by Crippen LogP contribution is -2.32. The van der Waals surface area contributed by atoms with Crippen molar-refractivity contribution in [2.24, 2.45) is 11.8 Å². The lowest BCUT2D eigenvalue weighted by atomic mass is 10.0. The van der Waals surface area contributed by atoms with Gasteiger partial charge in [0.05, 0.1) is 0 Å². The summed E-state index contributed by atoms with van der Waals surface area (Å²) in [4.78, 5) is 16.0. The number of nitrogens with zero attached hydrogens (tertiary/aromatic N) is 2. The number of aromatic nitrogens is 2. The van der Waals surface area contributed by atoms with Crippen molar-refractivity contribution >= 4 is 33.2 Å². The minimum atomic E-state index is -4.06. The molecule has 2 aromatic heterocycles. The molecule has 0 aromatic carbocycles. The number of pyridine rings is 1. The second-order valence-corrected chi connectivity index (χ2v) is 7.64. The van der Waals surface area contributed by atoms with Crippen molar-refractivity contribution in [3.8, 4) is 0 Å². The first-order chi connectivity index (χ1) is 10.4. The van der Waals surface area contributed by atoms with Gasteiger partial charge in [-0.05, 0) is 36.8 Å². The molecule has 2 aromatic rings. The van der Waals surface area contributed by atoms with E-state index in [1.165, 1.54) is 4.40 Å². The smallest absolute Gasteiger partial charge is 0.283 e. The molecule has 8 heteroatoms. The lowest BCUT2D eigenvalue weighted by Gasteiger charge is -2.11. The highest BCUT2D eigenvalue weighted by molar-refractivity contribution is 7.90. The van der Waals surface area contributed by atoms with E-state index in [4.69, 9.17) is 11.6 Å². The second kappa shape index (κ2) is 5.55. The van der Waals surface area contributed by atoms with E-state index in [-0.39, 0.29) is 22.5 Å². The Kier molecular flexibility index (Phi) is 3.86. The molecule has 118 valence electrons. The normalized spacial score (nSPS) is 16.6.